The van der Waals surface area contributed by atoms with Crippen molar-refractivity contribution in [1.29, 1.82) is 0 Å². The van der Waals surface area contributed by atoms with Crippen molar-refractivity contribution >= 4 is 11.8 Å². The topological polar surface area (TPSA) is 49.4 Å². The molecule has 3 rings (SSSR count). The molecule has 136 valence electrons. The third kappa shape index (κ3) is 4.31. The Bertz CT molecular complexity index is 722. The molecule has 1 fully saturated rings. The summed E-state index contributed by atoms with van der Waals surface area (Å²) in [6, 6.07) is 19.4. The van der Waals surface area contributed by atoms with E-state index in [0.29, 0.717) is 18.7 Å². The van der Waals surface area contributed by atoms with E-state index >= 15 is 0 Å². The third-order valence-electron chi connectivity index (χ3n) is 5.09. The SMILES string of the molecule is CCC(C(=O)N1CCC(NC(=O)c2ccccc2)CC1)c1ccccc1. The molecule has 0 bridgehead atoms. The minimum Gasteiger partial charge on any atom is -0.349 e. The van der Waals surface area contributed by atoms with E-state index in [4.69, 9.17) is 0 Å². The number of carbonyl (C=O) groups excluding carboxylic acids is 2. The number of amides is 2. The summed E-state index contributed by atoms with van der Waals surface area (Å²) in [5.74, 6) is 0.0873. The van der Waals surface area contributed by atoms with Crippen molar-refractivity contribution in [2.75, 3.05) is 13.1 Å². The number of likely N-dealkylation sites (tertiary alicyclic amines) is 1. The number of hydrogen-bond acceptors (Lipinski definition) is 2. The Morgan fingerprint density at radius 3 is 2.15 bits per heavy atom. The molecule has 0 radical (unpaired) electrons. The van der Waals surface area contributed by atoms with Gasteiger partial charge in [-0.1, -0.05) is 55.5 Å². The van der Waals surface area contributed by atoms with Gasteiger partial charge in [-0.25, -0.2) is 0 Å². The quantitative estimate of drug-likeness (QED) is 0.896. The van der Waals surface area contributed by atoms with Crippen molar-refractivity contribution in [3.63, 3.8) is 0 Å². The molecule has 0 spiro atoms. The van der Waals surface area contributed by atoms with Crippen LogP contribution in [0.3, 0.4) is 0 Å². The Balaban J connectivity index is 1.54. The first kappa shape index (κ1) is 18.2. The van der Waals surface area contributed by atoms with Gasteiger partial charge in [0, 0.05) is 24.7 Å². The molecule has 4 heteroatoms. The maximum absolute atomic E-state index is 12.9. The molecule has 2 amide bonds. The molecular formula is C22H26N2O2. The van der Waals surface area contributed by atoms with Crippen molar-refractivity contribution in [3.8, 4) is 0 Å². The van der Waals surface area contributed by atoms with Crippen molar-refractivity contribution in [1.82, 2.24) is 10.2 Å². The van der Waals surface area contributed by atoms with Gasteiger partial charge >= 0.3 is 0 Å². The highest BCUT2D eigenvalue weighted by atomic mass is 16.2. The molecular weight excluding hydrogens is 324 g/mol. The van der Waals surface area contributed by atoms with E-state index in [1.54, 1.807) is 0 Å². The van der Waals surface area contributed by atoms with Crippen molar-refractivity contribution in [3.05, 3.63) is 71.8 Å². The lowest BCUT2D eigenvalue weighted by atomic mass is 9.93. The zero-order valence-corrected chi connectivity index (χ0v) is 15.2. The largest absolute Gasteiger partial charge is 0.349 e. The zero-order chi connectivity index (χ0) is 18.4. The van der Waals surface area contributed by atoms with Crippen molar-refractivity contribution < 1.29 is 9.59 Å². The van der Waals surface area contributed by atoms with Gasteiger partial charge in [0.25, 0.3) is 5.91 Å². The van der Waals surface area contributed by atoms with Gasteiger partial charge in [0.1, 0.15) is 0 Å². The minimum absolute atomic E-state index is 0.0360. The van der Waals surface area contributed by atoms with Crippen molar-refractivity contribution in [2.24, 2.45) is 0 Å². The summed E-state index contributed by atoms with van der Waals surface area (Å²) in [4.78, 5) is 27.1. The molecule has 1 aliphatic rings. The lowest BCUT2D eigenvalue weighted by Crippen LogP contribution is -2.47. The van der Waals surface area contributed by atoms with E-state index in [1.165, 1.54) is 0 Å². The Morgan fingerprint density at radius 1 is 1.00 bits per heavy atom. The summed E-state index contributed by atoms with van der Waals surface area (Å²) in [5.41, 5.74) is 1.76. The Labute approximate surface area is 155 Å². The predicted molar refractivity (Wildman–Crippen MR) is 103 cm³/mol. The first-order valence-electron chi connectivity index (χ1n) is 9.38. The van der Waals surface area contributed by atoms with Crippen LogP contribution in [0, 0.1) is 0 Å². The molecule has 1 atom stereocenters. The van der Waals surface area contributed by atoms with E-state index in [-0.39, 0.29) is 23.8 Å². The summed E-state index contributed by atoms with van der Waals surface area (Å²) in [6.07, 6.45) is 2.40. The second kappa shape index (κ2) is 8.65. The number of nitrogens with zero attached hydrogens (tertiary/aromatic N) is 1. The number of nitrogens with one attached hydrogen (secondary N) is 1. The molecule has 1 heterocycles. The maximum atomic E-state index is 12.9. The van der Waals surface area contributed by atoms with Crippen LogP contribution < -0.4 is 5.32 Å². The lowest BCUT2D eigenvalue weighted by molar-refractivity contribution is -0.134. The Morgan fingerprint density at radius 2 is 1.58 bits per heavy atom. The summed E-state index contributed by atoms with van der Waals surface area (Å²) in [6.45, 7) is 3.45. The van der Waals surface area contributed by atoms with E-state index < -0.39 is 0 Å². The monoisotopic (exact) mass is 350 g/mol. The highest BCUT2D eigenvalue weighted by Crippen LogP contribution is 2.24. The molecule has 26 heavy (non-hydrogen) atoms. The first-order chi connectivity index (χ1) is 12.7. The number of piperidine rings is 1. The van der Waals surface area contributed by atoms with Crippen LogP contribution in [0.1, 0.15) is 48.0 Å². The summed E-state index contributed by atoms with van der Waals surface area (Å²) in [5, 5.41) is 3.09. The number of hydrogen-bond donors (Lipinski definition) is 1. The smallest absolute Gasteiger partial charge is 0.251 e. The first-order valence-corrected chi connectivity index (χ1v) is 9.38. The lowest BCUT2D eigenvalue weighted by Gasteiger charge is -2.34. The van der Waals surface area contributed by atoms with E-state index in [2.05, 4.69) is 12.2 Å². The van der Waals surface area contributed by atoms with Crippen LogP contribution in [0.4, 0.5) is 0 Å². The van der Waals surface area contributed by atoms with E-state index in [9.17, 15) is 9.59 Å². The van der Waals surface area contributed by atoms with Crippen LogP contribution in [0.5, 0.6) is 0 Å². The standard InChI is InChI=1S/C22H26N2O2/c1-2-20(17-9-5-3-6-10-17)22(26)24-15-13-19(14-16-24)23-21(25)18-11-7-4-8-12-18/h3-12,19-20H,2,13-16H2,1H3,(H,23,25). The third-order valence-corrected chi connectivity index (χ3v) is 5.09. The predicted octanol–water partition coefficient (Wildman–Crippen LogP) is 3.60. The number of carbonyl (C=O) groups is 2. The fourth-order valence-corrected chi connectivity index (χ4v) is 3.56. The normalized spacial score (nSPS) is 16.1. The fourth-order valence-electron chi connectivity index (χ4n) is 3.56. The molecule has 4 nitrogen and oxygen atoms in total. The maximum Gasteiger partial charge on any atom is 0.251 e. The molecule has 1 saturated heterocycles. The summed E-state index contributed by atoms with van der Waals surface area (Å²) in [7, 11) is 0. The Kier molecular flexibility index (Phi) is 6.05. The Hall–Kier alpha value is -2.62. The highest BCUT2D eigenvalue weighted by Gasteiger charge is 2.28. The van der Waals surface area contributed by atoms with Gasteiger partial charge < -0.3 is 10.2 Å². The van der Waals surface area contributed by atoms with E-state index in [1.807, 2.05) is 65.6 Å². The van der Waals surface area contributed by atoms with E-state index in [0.717, 1.165) is 24.8 Å². The second-order valence-corrected chi connectivity index (χ2v) is 6.81. The molecule has 2 aromatic rings. The molecule has 1 unspecified atom stereocenters. The average molecular weight is 350 g/mol. The molecule has 2 aromatic carbocycles. The molecule has 1 aliphatic heterocycles. The van der Waals surface area contributed by atoms with Crippen LogP contribution in [0.2, 0.25) is 0 Å². The van der Waals surface area contributed by atoms with Crippen molar-refractivity contribution in [2.45, 2.75) is 38.1 Å². The van der Waals surface area contributed by atoms with Gasteiger partial charge in [-0.05, 0) is 37.0 Å². The average Bonchev–Trinajstić information content (AvgIpc) is 2.70. The molecule has 0 aliphatic carbocycles. The van der Waals surface area contributed by atoms with Crippen LogP contribution >= 0.6 is 0 Å². The van der Waals surface area contributed by atoms with Gasteiger partial charge in [0.15, 0.2) is 0 Å². The van der Waals surface area contributed by atoms with Crippen LogP contribution in [0.15, 0.2) is 60.7 Å². The van der Waals surface area contributed by atoms with Crippen LogP contribution in [0.25, 0.3) is 0 Å². The second-order valence-electron chi connectivity index (χ2n) is 6.81. The van der Waals surface area contributed by atoms with Crippen LogP contribution in [-0.4, -0.2) is 35.8 Å². The van der Waals surface area contributed by atoms with Gasteiger partial charge in [-0.3, -0.25) is 9.59 Å². The van der Waals surface area contributed by atoms with Crippen LogP contribution in [-0.2, 0) is 4.79 Å². The number of benzene rings is 2. The fraction of sp³-hybridized carbons (Fsp3) is 0.364. The van der Waals surface area contributed by atoms with Gasteiger partial charge in [0.2, 0.25) is 5.91 Å². The zero-order valence-electron chi connectivity index (χ0n) is 15.2. The summed E-state index contributed by atoms with van der Waals surface area (Å²) < 4.78 is 0. The minimum atomic E-state index is -0.0772. The summed E-state index contributed by atoms with van der Waals surface area (Å²) >= 11 is 0. The van der Waals surface area contributed by atoms with Gasteiger partial charge in [-0.15, -0.1) is 0 Å². The highest BCUT2D eigenvalue weighted by molar-refractivity contribution is 5.94. The number of rotatable bonds is 5. The molecule has 1 N–H and O–H groups in total. The molecule has 0 saturated carbocycles. The molecule has 0 aromatic heterocycles. The van der Waals surface area contributed by atoms with Gasteiger partial charge in [-0.2, -0.15) is 0 Å². The van der Waals surface area contributed by atoms with Gasteiger partial charge in [0.05, 0.1) is 5.92 Å².